The van der Waals surface area contributed by atoms with Gasteiger partial charge in [0, 0.05) is 6.54 Å². The van der Waals surface area contributed by atoms with Crippen LogP contribution in [0.3, 0.4) is 0 Å². The van der Waals surface area contributed by atoms with Gasteiger partial charge >= 0.3 is 0 Å². The van der Waals surface area contributed by atoms with Crippen molar-refractivity contribution in [1.29, 1.82) is 0 Å². The molecule has 1 amide bonds. The summed E-state index contributed by atoms with van der Waals surface area (Å²) in [6.45, 7) is 6.31. The Bertz CT molecular complexity index is 162. The fraction of sp³-hybridized carbons (Fsp3) is 0.667. The molecule has 1 atom stereocenters. The third-order valence-corrected chi connectivity index (χ3v) is 2.15. The number of piperidine rings is 1. The first kappa shape index (κ1) is 9.26. The van der Waals surface area contributed by atoms with Crippen molar-refractivity contribution >= 4 is 5.91 Å². The minimum absolute atomic E-state index is 0.0689. The molecule has 0 bridgehead atoms. The quantitative estimate of drug-likeness (QED) is 0.595. The molecular weight excluding hydrogens is 152 g/mol. The largest absolute Gasteiger partial charge is 0.352 e. The average Bonchev–Trinajstić information content (AvgIpc) is 2.16. The molecular formula is C9H16N2O. The lowest BCUT2D eigenvalue weighted by molar-refractivity contribution is -0.116. The van der Waals surface area contributed by atoms with Crippen molar-refractivity contribution in [3.8, 4) is 0 Å². The molecule has 0 aliphatic carbocycles. The molecule has 1 aliphatic rings. The SMILES string of the molecule is C=CC(=O)NCC1CCCNC1. The summed E-state index contributed by atoms with van der Waals surface area (Å²) in [6.07, 6.45) is 3.75. The first-order chi connectivity index (χ1) is 5.83. The van der Waals surface area contributed by atoms with Crippen LogP contribution in [-0.2, 0) is 4.79 Å². The Morgan fingerprint density at radius 3 is 3.17 bits per heavy atom. The Morgan fingerprint density at radius 2 is 2.58 bits per heavy atom. The van der Waals surface area contributed by atoms with E-state index >= 15 is 0 Å². The van der Waals surface area contributed by atoms with E-state index in [2.05, 4.69) is 17.2 Å². The highest BCUT2D eigenvalue weighted by Gasteiger charge is 2.12. The lowest BCUT2D eigenvalue weighted by Crippen LogP contribution is -2.37. The van der Waals surface area contributed by atoms with E-state index in [1.807, 2.05) is 0 Å². The molecule has 2 N–H and O–H groups in total. The van der Waals surface area contributed by atoms with E-state index in [0.29, 0.717) is 5.92 Å². The van der Waals surface area contributed by atoms with Crippen LogP contribution in [-0.4, -0.2) is 25.5 Å². The molecule has 0 saturated carbocycles. The first-order valence-corrected chi connectivity index (χ1v) is 4.44. The molecule has 68 valence electrons. The van der Waals surface area contributed by atoms with Crippen LogP contribution in [0.25, 0.3) is 0 Å². The molecule has 1 unspecified atom stereocenters. The molecule has 3 nitrogen and oxygen atoms in total. The Kier molecular flexibility index (Phi) is 3.80. The first-order valence-electron chi connectivity index (χ1n) is 4.44. The molecule has 1 heterocycles. The van der Waals surface area contributed by atoms with Gasteiger partial charge in [0.1, 0.15) is 0 Å². The van der Waals surface area contributed by atoms with Crippen LogP contribution in [0.15, 0.2) is 12.7 Å². The van der Waals surface area contributed by atoms with Crippen LogP contribution in [0.1, 0.15) is 12.8 Å². The maximum atomic E-state index is 10.8. The zero-order valence-corrected chi connectivity index (χ0v) is 7.31. The molecule has 1 saturated heterocycles. The van der Waals surface area contributed by atoms with E-state index in [-0.39, 0.29) is 5.91 Å². The summed E-state index contributed by atoms with van der Waals surface area (Å²) >= 11 is 0. The van der Waals surface area contributed by atoms with Crippen LogP contribution >= 0.6 is 0 Å². The van der Waals surface area contributed by atoms with Crippen LogP contribution < -0.4 is 10.6 Å². The van der Waals surface area contributed by atoms with Crippen LogP contribution in [0.5, 0.6) is 0 Å². The van der Waals surface area contributed by atoms with Gasteiger partial charge in [-0.1, -0.05) is 6.58 Å². The van der Waals surface area contributed by atoms with Gasteiger partial charge in [-0.25, -0.2) is 0 Å². The molecule has 1 rings (SSSR count). The Labute approximate surface area is 73.2 Å². The van der Waals surface area contributed by atoms with Gasteiger partial charge in [0.15, 0.2) is 0 Å². The second-order valence-corrected chi connectivity index (χ2v) is 3.16. The number of carbonyl (C=O) groups excluding carboxylic acids is 1. The maximum absolute atomic E-state index is 10.8. The maximum Gasteiger partial charge on any atom is 0.243 e. The predicted octanol–water partition coefficient (Wildman–Crippen LogP) is 0.288. The number of nitrogens with one attached hydrogen (secondary N) is 2. The normalized spacial score (nSPS) is 23.2. The summed E-state index contributed by atoms with van der Waals surface area (Å²) < 4.78 is 0. The van der Waals surface area contributed by atoms with Gasteiger partial charge in [-0.05, 0) is 37.9 Å². The van der Waals surface area contributed by atoms with Crippen molar-refractivity contribution in [2.24, 2.45) is 5.92 Å². The highest BCUT2D eigenvalue weighted by Crippen LogP contribution is 2.07. The number of hydrogen-bond acceptors (Lipinski definition) is 2. The Morgan fingerprint density at radius 1 is 1.75 bits per heavy atom. The van der Waals surface area contributed by atoms with Gasteiger partial charge in [-0.3, -0.25) is 4.79 Å². The summed E-state index contributed by atoms with van der Waals surface area (Å²) in [5.74, 6) is 0.531. The fourth-order valence-electron chi connectivity index (χ4n) is 1.42. The molecule has 0 aromatic heterocycles. The van der Waals surface area contributed by atoms with Gasteiger partial charge in [-0.15, -0.1) is 0 Å². The van der Waals surface area contributed by atoms with Crippen molar-refractivity contribution in [1.82, 2.24) is 10.6 Å². The Hall–Kier alpha value is -0.830. The third kappa shape index (κ3) is 3.05. The van der Waals surface area contributed by atoms with Gasteiger partial charge < -0.3 is 10.6 Å². The molecule has 3 heteroatoms. The second-order valence-electron chi connectivity index (χ2n) is 3.16. The summed E-state index contributed by atoms with van der Waals surface area (Å²) in [4.78, 5) is 10.8. The monoisotopic (exact) mass is 168 g/mol. The van der Waals surface area contributed by atoms with E-state index in [1.165, 1.54) is 18.9 Å². The van der Waals surface area contributed by atoms with Crippen LogP contribution in [0, 0.1) is 5.92 Å². The van der Waals surface area contributed by atoms with Gasteiger partial charge in [-0.2, -0.15) is 0 Å². The van der Waals surface area contributed by atoms with Gasteiger partial charge in [0.2, 0.25) is 5.91 Å². The average molecular weight is 168 g/mol. The fourth-order valence-corrected chi connectivity index (χ4v) is 1.42. The number of rotatable bonds is 3. The zero-order chi connectivity index (χ0) is 8.81. The molecule has 0 aromatic carbocycles. The van der Waals surface area contributed by atoms with Gasteiger partial charge in [0.25, 0.3) is 0 Å². The lowest BCUT2D eigenvalue weighted by Gasteiger charge is -2.22. The predicted molar refractivity (Wildman–Crippen MR) is 48.8 cm³/mol. The molecule has 1 fully saturated rings. The minimum Gasteiger partial charge on any atom is -0.352 e. The second kappa shape index (κ2) is 4.93. The van der Waals surface area contributed by atoms with Gasteiger partial charge in [0.05, 0.1) is 0 Å². The van der Waals surface area contributed by atoms with E-state index in [1.54, 1.807) is 0 Å². The minimum atomic E-state index is -0.0689. The number of amides is 1. The standard InChI is InChI=1S/C9H16N2O/c1-2-9(12)11-7-8-4-3-5-10-6-8/h2,8,10H,1,3-7H2,(H,11,12). The van der Waals surface area contributed by atoms with E-state index < -0.39 is 0 Å². The number of carbonyl (C=O) groups is 1. The molecule has 1 aliphatic heterocycles. The lowest BCUT2D eigenvalue weighted by atomic mass is 10.00. The van der Waals surface area contributed by atoms with E-state index in [4.69, 9.17) is 0 Å². The highest BCUT2D eigenvalue weighted by molar-refractivity contribution is 5.86. The Balaban J connectivity index is 2.12. The summed E-state index contributed by atoms with van der Waals surface area (Å²) in [6, 6.07) is 0. The summed E-state index contributed by atoms with van der Waals surface area (Å²) in [5, 5.41) is 6.10. The summed E-state index contributed by atoms with van der Waals surface area (Å²) in [5.41, 5.74) is 0. The van der Waals surface area contributed by atoms with Crippen LogP contribution in [0.2, 0.25) is 0 Å². The topological polar surface area (TPSA) is 41.1 Å². The van der Waals surface area contributed by atoms with Crippen LogP contribution in [0.4, 0.5) is 0 Å². The van der Waals surface area contributed by atoms with Crippen molar-refractivity contribution in [3.05, 3.63) is 12.7 Å². The molecule has 12 heavy (non-hydrogen) atoms. The third-order valence-electron chi connectivity index (χ3n) is 2.15. The smallest absolute Gasteiger partial charge is 0.243 e. The van der Waals surface area contributed by atoms with E-state index in [0.717, 1.165) is 19.6 Å². The van der Waals surface area contributed by atoms with E-state index in [9.17, 15) is 4.79 Å². The van der Waals surface area contributed by atoms with Crippen molar-refractivity contribution in [2.45, 2.75) is 12.8 Å². The number of hydrogen-bond donors (Lipinski definition) is 2. The highest BCUT2D eigenvalue weighted by atomic mass is 16.1. The molecule has 0 aromatic rings. The summed E-state index contributed by atoms with van der Waals surface area (Å²) in [7, 11) is 0. The molecule has 0 spiro atoms. The zero-order valence-electron chi connectivity index (χ0n) is 7.31. The molecule has 0 radical (unpaired) electrons. The van der Waals surface area contributed by atoms with Crippen molar-refractivity contribution in [2.75, 3.05) is 19.6 Å². The van der Waals surface area contributed by atoms with Crippen molar-refractivity contribution < 1.29 is 4.79 Å². The van der Waals surface area contributed by atoms with Crippen molar-refractivity contribution in [3.63, 3.8) is 0 Å².